The molecule has 1 aromatic heterocycles. The Balaban J connectivity index is 1.78. The zero-order chi connectivity index (χ0) is 15.3. The fraction of sp³-hybridized carbons (Fsp3) is 0.412. The SMILES string of the molecule is CC1CCn2cc(-c3cccc4c3NC(=O)C(C)O4)nc2C1. The van der Waals surface area contributed by atoms with E-state index in [4.69, 9.17) is 9.72 Å². The van der Waals surface area contributed by atoms with Crippen LogP contribution in [0.5, 0.6) is 5.75 Å². The molecule has 22 heavy (non-hydrogen) atoms. The van der Waals surface area contributed by atoms with Crippen LogP contribution in [-0.2, 0) is 17.8 Å². The molecule has 2 unspecified atom stereocenters. The predicted molar refractivity (Wildman–Crippen MR) is 83.9 cm³/mol. The van der Waals surface area contributed by atoms with Gasteiger partial charge in [0, 0.05) is 24.7 Å². The van der Waals surface area contributed by atoms with E-state index in [1.54, 1.807) is 6.92 Å². The lowest BCUT2D eigenvalue weighted by Crippen LogP contribution is -2.34. The standard InChI is InChI=1S/C17H19N3O2/c1-10-6-7-20-9-13(18-15(20)8-10)12-4-3-5-14-16(12)19-17(21)11(2)22-14/h3-5,9-11H,6-8H2,1-2H3,(H,19,21). The summed E-state index contributed by atoms with van der Waals surface area (Å²) in [4.78, 5) is 16.7. The topological polar surface area (TPSA) is 56.2 Å². The van der Waals surface area contributed by atoms with Gasteiger partial charge >= 0.3 is 0 Å². The molecule has 0 saturated carbocycles. The van der Waals surface area contributed by atoms with Gasteiger partial charge in [-0.15, -0.1) is 0 Å². The number of para-hydroxylation sites is 1. The maximum Gasteiger partial charge on any atom is 0.265 e. The molecule has 0 bridgehead atoms. The number of imidazole rings is 1. The van der Waals surface area contributed by atoms with E-state index in [2.05, 4.69) is 23.0 Å². The number of carbonyl (C=O) groups excluding carboxylic acids is 1. The number of amides is 1. The summed E-state index contributed by atoms with van der Waals surface area (Å²) in [6.07, 6.45) is 3.82. The molecule has 1 amide bonds. The Morgan fingerprint density at radius 3 is 3.09 bits per heavy atom. The van der Waals surface area contributed by atoms with E-state index in [9.17, 15) is 4.79 Å². The molecule has 4 rings (SSSR count). The minimum absolute atomic E-state index is 0.113. The summed E-state index contributed by atoms with van der Waals surface area (Å²) in [6.45, 7) is 5.03. The Bertz CT molecular complexity index is 750. The first-order valence-corrected chi connectivity index (χ1v) is 7.79. The highest BCUT2D eigenvalue weighted by Crippen LogP contribution is 2.38. The molecule has 3 heterocycles. The van der Waals surface area contributed by atoms with Crippen molar-refractivity contribution in [2.24, 2.45) is 5.92 Å². The quantitative estimate of drug-likeness (QED) is 0.880. The summed E-state index contributed by atoms with van der Waals surface area (Å²) in [5, 5.41) is 2.95. The van der Waals surface area contributed by atoms with Gasteiger partial charge in [0.2, 0.25) is 0 Å². The maximum atomic E-state index is 11.9. The Morgan fingerprint density at radius 1 is 1.36 bits per heavy atom. The maximum absolute atomic E-state index is 11.9. The van der Waals surface area contributed by atoms with E-state index in [0.717, 1.165) is 35.7 Å². The Morgan fingerprint density at radius 2 is 2.23 bits per heavy atom. The highest BCUT2D eigenvalue weighted by atomic mass is 16.5. The zero-order valence-electron chi connectivity index (χ0n) is 12.8. The van der Waals surface area contributed by atoms with Crippen LogP contribution in [0.3, 0.4) is 0 Å². The van der Waals surface area contributed by atoms with Crippen LogP contribution >= 0.6 is 0 Å². The van der Waals surface area contributed by atoms with Gasteiger partial charge < -0.3 is 14.6 Å². The minimum Gasteiger partial charge on any atom is -0.479 e. The monoisotopic (exact) mass is 297 g/mol. The number of nitrogens with one attached hydrogen (secondary N) is 1. The van der Waals surface area contributed by atoms with Crippen molar-refractivity contribution in [2.75, 3.05) is 5.32 Å². The molecule has 2 aliphatic rings. The lowest BCUT2D eigenvalue weighted by atomic mass is 10.0. The minimum atomic E-state index is -0.459. The third-order valence-electron chi connectivity index (χ3n) is 4.48. The van der Waals surface area contributed by atoms with E-state index in [0.29, 0.717) is 11.7 Å². The molecule has 2 aromatic rings. The molecule has 1 aromatic carbocycles. The molecular weight excluding hydrogens is 278 g/mol. The average molecular weight is 297 g/mol. The number of rotatable bonds is 1. The molecule has 5 heteroatoms. The summed E-state index contributed by atoms with van der Waals surface area (Å²) < 4.78 is 7.90. The third-order valence-corrected chi connectivity index (χ3v) is 4.48. The van der Waals surface area contributed by atoms with Gasteiger partial charge in [-0.3, -0.25) is 4.79 Å². The molecule has 2 atom stereocenters. The van der Waals surface area contributed by atoms with E-state index in [1.807, 2.05) is 18.2 Å². The number of aryl methyl sites for hydroxylation is 1. The van der Waals surface area contributed by atoms with Crippen LogP contribution in [-0.4, -0.2) is 21.6 Å². The first-order chi connectivity index (χ1) is 10.6. The lowest BCUT2D eigenvalue weighted by molar-refractivity contribution is -0.122. The average Bonchev–Trinajstić information content (AvgIpc) is 2.90. The van der Waals surface area contributed by atoms with Gasteiger partial charge in [0.25, 0.3) is 5.91 Å². The molecule has 5 nitrogen and oxygen atoms in total. The van der Waals surface area contributed by atoms with Crippen LogP contribution in [0.15, 0.2) is 24.4 Å². The fourth-order valence-corrected chi connectivity index (χ4v) is 3.15. The van der Waals surface area contributed by atoms with Crippen molar-refractivity contribution in [3.63, 3.8) is 0 Å². The highest BCUT2D eigenvalue weighted by Gasteiger charge is 2.27. The van der Waals surface area contributed by atoms with Gasteiger partial charge in [-0.05, 0) is 25.3 Å². The smallest absolute Gasteiger partial charge is 0.265 e. The van der Waals surface area contributed by atoms with E-state index >= 15 is 0 Å². The largest absolute Gasteiger partial charge is 0.479 e. The van der Waals surface area contributed by atoms with Crippen molar-refractivity contribution < 1.29 is 9.53 Å². The van der Waals surface area contributed by atoms with Gasteiger partial charge in [-0.1, -0.05) is 19.1 Å². The molecule has 0 radical (unpaired) electrons. The van der Waals surface area contributed by atoms with Crippen LogP contribution in [0.25, 0.3) is 11.3 Å². The molecule has 1 N–H and O–H groups in total. The second-order valence-electron chi connectivity index (χ2n) is 6.26. The van der Waals surface area contributed by atoms with Crippen molar-refractivity contribution in [1.29, 1.82) is 0 Å². The normalized spacial score (nSPS) is 23.3. The van der Waals surface area contributed by atoms with E-state index in [-0.39, 0.29) is 5.91 Å². The number of ether oxygens (including phenoxy) is 1. The number of nitrogens with zero attached hydrogens (tertiary/aromatic N) is 2. The van der Waals surface area contributed by atoms with Crippen molar-refractivity contribution in [2.45, 2.75) is 39.3 Å². The highest BCUT2D eigenvalue weighted by molar-refractivity contribution is 6.01. The van der Waals surface area contributed by atoms with Crippen molar-refractivity contribution in [3.8, 4) is 17.0 Å². The van der Waals surface area contributed by atoms with Crippen LogP contribution in [0, 0.1) is 5.92 Å². The number of aromatic nitrogens is 2. The Labute approximate surface area is 129 Å². The van der Waals surface area contributed by atoms with Gasteiger partial charge in [-0.2, -0.15) is 0 Å². The van der Waals surface area contributed by atoms with Gasteiger partial charge in [0.15, 0.2) is 6.10 Å². The number of benzene rings is 1. The number of hydrogen-bond acceptors (Lipinski definition) is 3. The van der Waals surface area contributed by atoms with Crippen molar-refractivity contribution >= 4 is 11.6 Å². The predicted octanol–water partition coefficient (Wildman–Crippen LogP) is 2.85. The summed E-state index contributed by atoms with van der Waals surface area (Å²) in [5.41, 5.74) is 2.56. The molecule has 2 aliphatic heterocycles. The second kappa shape index (κ2) is 4.87. The number of fused-ring (bicyclic) bond motifs is 2. The Kier molecular flexibility index (Phi) is 2.96. The molecule has 0 aliphatic carbocycles. The van der Waals surface area contributed by atoms with Crippen LogP contribution in [0.2, 0.25) is 0 Å². The van der Waals surface area contributed by atoms with Gasteiger partial charge in [0.1, 0.15) is 11.6 Å². The van der Waals surface area contributed by atoms with Crippen molar-refractivity contribution in [3.05, 3.63) is 30.2 Å². The number of hydrogen-bond donors (Lipinski definition) is 1. The molecular formula is C17H19N3O2. The number of anilines is 1. The third kappa shape index (κ3) is 2.08. The van der Waals surface area contributed by atoms with Crippen LogP contribution in [0.4, 0.5) is 5.69 Å². The van der Waals surface area contributed by atoms with Crippen molar-refractivity contribution in [1.82, 2.24) is 9.55 Å². The Hall–Kier alpha value is -2.30. The summed E-state index contributed by atoms with van der Waals surface area (Å²) in [6, 6.07) is 5.81. The van der Waals surface area contributed by atoms with Gasteiger partial charge in [0.05, 0.1) is 11.4 Å². The molecule has 0 spiro atoms. The second-order valence-corrected chi connectivity index (χ2v) is 6.26. The van der Waals surface area contributed by atoms with Gasteiger partial charge in [-0.25, -0.2) is 4.98 Å². The fourth-order valence-electron chi connectivity index (χ4n) is 3.15. The van der Waals surface area contributed by atoms with E-state index in [1.165, 1.54) is 6.42 Å². The summed E-state index contributed by atoms with van der Waals surface area (Å²) >= 11 is 0. The van der Waals surface area contributed by atoms with Crippen LogP contribution < -0.4 is 10.1 Å². The molecule has 114 valence electrons. The lowest BCUT2D eigenvalue weighted by Gasteiger charge is -2.24. The molecule has 0 fully saturated rings. The van der Waals surface area contributed by atoms with E-state index < -0.39 is 6.10 Å². The first-order valence-electron chi connectivity index (χ1n) is 7.79. The molecule has 0 saturated heterocycles. The summed E-state index contributed by atoms with van der Waals surface area (Å²) in [7, 11) is 0. The van der Waals surface area contributed by atoms with Crippen LogP contribution in [0.1, 0.15) is 26.1 Å². The zero-order valence-corrected chi connectivity index (χ0v) is 12.8. The summed E-state index contributed by atoms with van der Waals surface area (Å²) in [5.74, 6) is 2.40. The number of carbonyl (C=O) groups is 1. The first kappa shape index (κ1) is 13.4.